The van der Waals surface area contributed by atoms with Crippen LogP contribution < -0.4 is 10.1 Å². The number of nitrogens with one attached hydrogen (secondary N) is 1. The summed E-state index contributed by atoms with van der Waals surface area (Å²) < 4.78 is 4.90. The second kappa shape index (κ2) is 4.22. The molecule has 19 heavy (non-hydrogen) atoms. The number of hydrogen-bond donors (Lipinski definition) is 2. The molecule has 1 unspecified atom stereocenters. The van der Waals surface area contributed by atoms with Gasteiger partial charge in [-0.15, -0.1) is 0 Å². The molecule has 1 aromatic rings. The van der Waals surface area contributed by atoms with Crippen molar-refractivity contribution in [3.05, 3.63) is 27.8 Å². The smallest absolute Gasteiger partial charge is 0.296 e. The molecule has 1 aliphatic rings. The van der Waals surface area contributed by atoms with E-state index in [1.54, 1.807) is 6.07 Å². The number of anilines is 1. The van der Waals surface area contributed by atoms with Gasteiger partial charge in [-0.1, -0.05) is 0 Å². The van der Waals surface area contributed by atoms with Gasteiger partial charge in [0.05, 0.1) is 30.6 Å². The van der Waals surface area contributed by atoms with E-state index >= 15 is 0 Å². The summed E-state index contributed by atoms with van der Waals surface area (Å²) in [7, 11) is 1.30. The van der Waals surface area contributed by atoms with Gasteiger partial charge in [0.15, 0.2) is 5.60 Å². The first-order chi connectivity index (χ1) is 8.93. The number of ether oxygens (including phenoxy) is 1. The molecule has 0 saturated carbocycles. The van der Waals surface area contributed by atoms with Crippen LogP contribution in [-0.2, 0) is 10.4 Å². The Morgan fingerprint density at radius 1 is 1.63 bits per heavy atom. The van der Waals surface area contributed by atoms with Crippen molar-refractivity contribution in [1.82, 2.24) is 0 Å². The molecule has 0 aromatic heterocycles. The molecule has 1 amide bonds. The van der Waals surface area contributed by atoms with Crippen LogP contribution in [0.3, 0.4) is 0 Å². The van der Waals surface area contributed by atoms with Crippen molar-refractivity contribution in [3.63, 3.8) is 0 Å². The van der Waals surface area contributed by atoms with Gasteiger partial charge in [-0.3, -0.25) is 14.9 Å². The van der Waals surface area contributed by atoms with Gasteiger partial charge in [0, 0.05) is 5.56 Å². The van der Waals surface area contributed by atoms with Crippen LogP contribution in [0.5, 0.6) is 5.75 Å². The summed E-state index contributed by atoms with van der Waals surface area (Å²) in [6.45, 7) is 0. The largest absolute Gasteiger partial charge is 0.496 e. The van der Waals surface area contributed by atoms with E-state index in [1.165, 1.54) is 13.2 Å². The molecule has 0 radical (unpaired) electrons. The number of carbonyl (C=O) groups excluding carboxylic acids is 1. The van der Waals surface area contributed by atoms with E-state index in [2.05, 4.69) is 5.32 Å². The molecule has 8 nitrogen and oxygen atoms in total. The minimum Gasteiger partial charge on any atom is -0.496 e. The summed E-state index contributed by atoms with van der Waals surface area (Å²) in [4.78, 5) is 22.0. The molecule has 0 spiro atoms. The quantitative estimate of drug-likeness (QED) is 0.609. The Hall–Kier alpha value is -2.66. The molecule has 98 valence electrons. The first-order valence-corrected chi connectivity index (χ1v) is 5.21. The Labute approximate surface area is 107 Å². The highest BCUT2D eigenvalue weighted by Gasteiger charge is 2.48. The van der Waals surface area contributed by atoms with Gasteiger partial charge in [-0.2, -0.15) is 5.26 Å². The average Bonchev–Trinajstić information content (AvgIpc) is 2.61. The van der Waals surface area contributed by atoms with E-state index in [0.717, 1.165) is 6.07 Å². The van der Waals surface area contributed by atoms with Crippen molar-refractivity contribution >= 4 is 17.3 Å². The first-order valence-electron chi connectivity index (χ1n) is 5.21. The van der Waals surface area contributed by atoms with Crippen LogP contribution in [0.1, 0.15) is 12.0 Å². The molecule has 2 N–H and O–H groups in total. The third-order valence-corrected chi connectivity index (χ3v) is 2.92. The van der Waals surface area contributed by atoms with E-state index < -0.39 is 28.5 Å². The van der Waals surface area contributed by atoms with Crippen LogP contribution in [0.4, 0.5) is 11.4 Å². The number of rotatable bonds is 3. The lowest BCUT2D eigenvalue weighted by atomic mass is 9.92. The summed E-state index contributed by atoms with van der Waals surface area (Å²) in [5, 5.41) is 32.1. The van der Waals surface area contributed by atoms with Gasteiger partial charge >= 0.3 is 0 Å². The number of nitrogens with zero attached hydrogens (tertiary/aromatic N) is 2. The number of nitro groups is 1. The lowest BCUT2D eigenvalue weighted by Crippen LogP contribution is -2.33. The van der Waals surface area contributed by atoms with Crippen LogP contribution in [0, 0.1) is 21.4 Å². The minimum atomic E-state index is -2.09. The predicted octanol–water partition coefficient (Wildman–Crippen LogP) is 0.657. The van der Waals surface area contributed by atoms with Crippen molar-refractivity contribution in [2.24, 2.45) is 0 Å². The lowest BCUT2D eigenvalue weighted by Gasteiger charge is -2.17. The number of aliphatic hydroxyl groups is 1. The number of methoxy groups -OCH3 is 1. The molecule has 0 aliphatic carbocycles. The van der Waals surface area contributed by atoms with Crippen molar-refractivity contribution < 1.29 is 19.6 Å². The average molecular weight is 263 g/mol. The molecule has 1 atom stereocenters. The topological polar surface area (TPSA) is 125 Å². The van der Waals surface area contributed by atoms with Gasteiger partial charge in [0.2, 0.25) is 0 Å². The second-order valence-electron chi connectivity index (χ2n) is 3.98. The Bertz CT molecular complexity index is 621. The Morgan fingerprint density at radius 2 is 2.32 bits per heavy atom. The molecular formula is C11H9N3O5. The molecular weight excluding hydrogens is 254 g/mol. The molecule has 1 heterocycles. The van der Waals surface area contributed by atoms with Gasteiger partial charge in [0.1, 0.15) is 11.4 Å². The standard InChI is InChI=1S/C11H9N3O5/c1-19-6-4-7-9(8(5-6)14(17)18)13-10(15)11(7,16)2-3-12/h4-5,16H,2H2,1H3,(H,13,15). The first kappa shape index (κ1) is 12.8. The summed E-state index contributed by atoms with van der Waals surface area (Å²) in [5.41, 5.74) is -2.61. The van der Waals surface area contributed by atoms with E-state index in [4.69, 9.17) is 10.00 Å². The van der Waals surface area contributed by atoms with Crippen LogP contribution in [0.15, 0.2) is 12.1 Å². The monoisotopic (exact) mass is 263 g/mol. The fourth-order valence-corrected chi connectivity index (χ4v) is 1.95. The lowest BCUT2D eigenvalue weighted by molar-refractivity contribution is -0.384. The number of benzene rings is 1. The zero-order valence-corrected chi connectivity index (χ0v) is 9.84. The Kier molecular flexibility index (Phi) is 2.84. The second-order valence-corrected chi connectivity index (χ2v) is 3.98. The normalized spacial score (nSPS) is 20.4. The molecule has 0 saturated heterocycles. The van der Waals surface area contributed by atoms with Gasteiger partial charge in [-0.25, -0.2) is 0 Å². The molecule has 0 fully saturated rings. The SMILES string of the molecule is COc1cc([N+](=O)[O-])c2c(c1)C(O)(CC#N)C(=O)N2. The van der Waals surface area contributed by atoms with Crippen molar-refractivity contribution in [3.8, 4) is 11.8 Å². The minimum absolute atomic E-state index is 0.0231. The highest BCUT2D eigenvalue weighted by atomic mass is 16.6. The highest BCUT2D eigenvalue weighted by Crippen LogP contribution is 2.45. The van der Waals surface area contributed by atoms with Gasteiger partial charge in [0.25, 0.3) is 11.6 Å². The molecule has 1 aromatic carbocycles. The van der Waals surface area contributed by atoms with Crippen molar-refractivity contribution in [2.75, 3.05) is 12.4 Å². The summed E-state index contributed by atoms with van der Waals surface area (Å²) in [6, 6.07) is 4.13. The van der Waals surface area contributed by atoms with Crippen LogP contribution >= 0.6 is 0 Å². The fourth-order valence-electron chi connectivity index (χ4n) is 1.95. The van der Waals surface area contributed by atoms with E-state index in [9.17, 15) is 20.0 Å². The molecule has 1 aliphatic heterocycles. The highest BCUT2D eigenvalue weighted by molar-refractivity contribution is 6.07. The van der Waals surface area contributed by atoms with Crippen LogP contribution in [0.25, 0.3) is 0 Å². The predicted molar refractivity (Wildman–Crippen MR) is 62.4 cm³/mol. The number of nitriles is 1. The number of nitro benzene ring substituents is 1. The van der Waals surface area contributed by atoms with Gasteiger partial charge in [-0.05, 0) is 6.07 Å². The van der Waals surface area contributed by atoms with Crippen LogP contribution in [-0.4, -0.2) is 23.0 Å². The van der Waals surface area contributed by atoms with E-state index in [0.29, 0.717) is 0 Å². The molecule has 0 bridgehead atoms. The Balaban J connectivity index is 2.71. The summed E-state index contributed by atoms with van der Waals surface area (Å²) in [6.07, 6.45) is -0.504. The number of carbonyl (C=O) groups is 1. The maximum Gasteiger partial charge on any atom is 0.296 e. The van der Waals surface area contributed by atoms with Crippen molar-refractivity contribution in [1.29, 1.82) is 5.26 Å². The number of hydrogen-bond acceptors (Lipinski definition) is 6. The third kappa shape index (κ3) is 1.76. The van der Waals surface area contributed by atoms with Crippen LogP contribution in [0.2, 0.25) is 0 Å². The van der Waals surface area contributed by atoms with Crippen molar-refractivity contribution in [2.45, 2.75) is 12.0 Å². The molecule has 8 heteroatoms. The Morgan fingerprint density at radius 3 is 2.84 bits per heavy atom. The summed E-state index contributed by atoms with van der Waals surface area (Å²) >= 11 is 0. The third-order valence-electron chi connectivity index (χ3n) is 2.92. The fraction of sp³-hybridized carbons (Fsp3) is 0.273. The maximum atomic E-state index is 11.7. The molecule has 2 rings (SSSR count). The number of fused-ring (bicyclic) bond motifs is 1. The number of amides is 1. The summed E-state index contributed by atoms with van der Waals surface area (Å²) in [5.74, 6) is -0.737. The van der Waals surface area contributed by atoms with Gasteiger partial charge < -0.3 is 15.2 Å². The van der Waals surface area contributed by atoms with E-state index in [1.807, 2.05) is 0 Å². The zero-order valence-electron chi connectivity index (χ0n) is 9.84. The zero-order chi connectivity index (χ0) is 14.2. The van der Waals surface area contributed by atoms with E-state index in [-0.39, 0.29) is 17.0 Å². The maximum absolute atomic E-state index is 11.7.